The molecule has 2 nitrogen and oxygen atoms in total. The first-order valence-electron chi connectivity index (χ1n) is 5.47. The van der Waals surface area contributed by atoms with Gasteiger partial charge in [0.05, 0.1) is 13.1 Å². The SMILES string of the molecule is CCn1c(C)[n+](CC)c2cc(F)c(F)cc21.[I-]. The van der Waals surface area contributed by atoms with Gasteiger partial charge >= 0.3 is 0 Å². The van der Waals surface area contributed by atoms with E-state index >= 15 is 0 Å². The zero-order valence-corrected chi connectivity index (χ0v) is 12.3. The number of imidazole rings is 1. The molecule has 0 saturated carbocycles. The van der Waals surface area contributed by atoms with Gasteiger partial charge in [-0.25, -0.2) is 17.9 Å². The third-order valence-corrected chi connectivity index (χ3v) is 3.01. The maximum absolute atomic E-state index is 13.2. The molecule has 2 aromatic rings. The van der Waals surface area contributed by atoms with Crippen molar-refractivity contribution in [3.05, 3.63) is 29.6 Å². The van der Waals surface area contributed by atoms with Gasteiger partial charge in [0.2, 0.25) is 0 Å². The van der Waals surface area contributed by atoms with E-state index in [2.05, 4.69) is 0 Å². The summed E-state index contributed by atoms with van der Waals surface area (Å²) in [7, 11) is 0. The molecule has 1 aromatic carbocycles. The van der Waals surface area contributed by atoms with E-state index in [-0.39, 0.29) is 24.0 Å². The van der Waals surface area contributed by atoms with Crippen molar-refractivity contribution in [2.45, 2.75) is 33.9 Å². The molecule has 0 aliphatic heterocycles. The van der Waals surface area contributed by atoms with Gasteiger partial charge in [-0.3, -0.25) is 0 Å². The topological polar surface area (TPSA) is 8.81 Å². The summed E-state index contributed by atoms with van der Waals surface area (Å²) in [5.41, 5.74) is 1.50. The van der Waals surface area contributed by atoms with E-state index in [0.717, 1.165) is 29.9 Å². The smallest absolute Gasteiger partial charge is 0.254 e. The lowest BCUT2D eigenvalue weighted by atomic mass is 10.3. The molecule has 17 heavy (non-hydrogen) atoms. The average molecular weight is 352 g/mol. The Morgan fingerprint density at radius 2 is 1.76 bits per heavy atom. The second kappa shape index (κ2) is 5.29. The minimum Gasteiger partial charge on any atom is -1.00 e. The fourth-order valence-corrected chi connectivity index (χ4v) is 2.25. The highest BCUT2D eigenvalue weighted by molar-refractivity contribution is 5.72. The minimum absolute atomic E-state index is 0. The molecule has 0 atom stereocenters. The summed E-state index contributed by atoms with van der Waals surface area (Å²) in [5.74, 6) is -0.559. The molecular weight excluding hydrogens is 337 g/mol. The van der Waals surface area contributed by atoms with Crippen molar-refractivity contribution in [3.8, 4) is 0 Å². The highest BCUT2D eigenvalue weighted by Gasteiger charge is 2.21. The van der Waals surface area contributed by atoms with Gasteiger partial charge in [0.25, 0.3) is 5.82 Å². The van der Waals surface area contributed by atoms with Crippen LogP contribution < -0.4 is 28.5 Å². The third-order valence-electron chi connectivity index (χ3n) is 3.01. The first kappa shape index (κ1) is 14.3. The predicted molar refractivity (Wildman–Crippen MR) is 58.1 cm³/mol. The lowest BCUT2D eigenvalue weighted by Crippen LogP contribution is -3.00. The minimum atomic E-state index is -0.789. The van der Waals surface area contributed by atoms with Crippen molar-refractivity contribution in [1.82, 2.24) is 4.57 Å². The summed E-state index contributed by atoms with van der Waals surface area (Å²) >= 11 is 0. The van der Waals surface area contributed by atoms with Crippen LogP contribution >= 0.6 is 0 Å². The Bertz CT molecular complexity index is 502. The van der Waals surface area contributed by atoms with Gasteiger partial charge in [0, 0.05) is 19.1 Å². The molecule has 5 heteroatoms. The van der Waals surface area contributed by atoms with Crippen LogP contribution in [-0.2, 0) is 13.1 Å². The molecule has 0 N–H and O–H groups in total. The van der Waals surface area contributed by atoms with Gasteiger partial charge in [0.1, 0.15) is 0 Å². The molecule has 0 aliphatic carbocycles. The van der Waals surface area contributed by atoms with Gasteiger partial charge in [-0.1, -0.05) is 0 Å². The maximum Gasteiger partial charge on any atom is 0.254 e. The largest absolute Gasteiger partial charge is 1.00 e. The standard InChI is InChI=1S/C12H15F2N2.HI/c1-4-15-8(3)16(5-2)12-7-10(14)9(13)6-11(12)15;/h6-7H,4-5H2,1-3H3;1H/q+1;/p-1. The van der Waals surface area contributed by atoms with E-state index in [1.807, 2.05) is 29.9 Å². The lowest BCUT2D eigenvalue weighted by Gasteiger charge is -1.94. The van der Waals surface area contributed by atoms with E-state index in [4.69, 9.17) is 0 Å². The van der Waals surface area contributed by atoms with Gasteiger partial charge in [-0.2, -0.15) is 0 Å². The molecule has 1 heterocycles. The summed E-state index contributed by atoms with van der Waals surface area (Å²) in [4.78, 5) is 0. The molecule has 0 bridgehead atoms. The summed E-state index contributed by atoms with van der Waals surface area (Å²) in [5, 5.41) is 0. The number of fused-ring (bicyclic) bond motifs is 1. The number of halogens is 3. The number of benzene rings is 1. The number of aromatic nitrogens is 2. The van der Waals surface area contributed by atoms with Crippen molar-refractivity contribution in [3.63, 3.8) is 0 Å². The molecule has 0 spiro atoms. The third kappa shape index (κ3) is 2.17. The maximum atomic E-state index is 13.2. The lowest BCUT2D eigenvalue weighted by molar-refractivity contribution is -0.675. The number of nitrogens with zero attached hydrogens (tertiary/aromatic N) is 2. The van der Waals surface area contributed by atoms with E-state index in [0.29, 0.717) is 0 Å². The van der Waals surface area contributed by atoms with Crippen molar-refractivity contribution in [2.75, 3.05) is 0 Å². The van der Waals surface area contributed by atoms with Gasteiger partial charge in [0.15, 0.2) is 22.7 Å². The van der Waals surface area contributed by atoms with Crippen molar-refractivity contribution in [1.29, 1.82) is 0 Å². The second-order valence-electron chi connectivity index (χ2n) is 3.79. The Balaban J connectivity index is 0.00000144. The van der Waals surface area contributed by atoms with E-state index < -0.39 is 11.6 Å². The van der Waals surface area contributed by atoms with Crippen molar-refractivity contribution < 1.29 is 37.3 Å². The average Bonchev–Trinajstić information content (AvgIpc) is 2.50. The quantitative estimate of drug-likeness (QED) is 0.512. The van der Waals surface area contributed by atoms with E-state index in [1.54, 1.807) is 0 Å². The normalized spacial score (nSPS) is 10.6. The molecule has 1 aromatic heterocycles. The Morgan fingerprint density at radius 3 is 2.29 bits per heavy atom. The number of hydrogen-bond acceptors (Lipinski definition) is 0. The first-order valence-corrected chi connectivity index (χ1v) is 5.47. The molecule has 0 saturated heterocycles. The van der Waals surface area contributed by atoms with Gasteiger partial charge in [-0.05, 0) is 13.8 Å². The van der Waals surface area contributed by atoms with Crippen LogP contribution in [0.5, 0.6) is 0 Å². The zero-order chi connectivity index (χ0) is 11.9. The highest BCUT2D eigenvalue weighted by atomic mass is 127. The van der Waals surface area contributed by atoms with Crippen LogP contribution in [0.1, 0.15) is 19.7 Å². The van der Waals surface area contributed by atoms with Crippen LogP contribution in [-0.4, -0.2) is 4.57 Å². The molecule has 0 aliphatic rings. The van der Waals surface area contributed by atoms with Gasteiger partial charge < -0.3 is 24.0 Å². The molecule has 0 amide bonds. The Labute approximate surface area is 116 Å². The second-order valence-corrected chi connectivity index (χ2v) is 3.79. The van der Waals surface area contributed by atoms with Crippen LogP contribution in [0.2, 0.25) is 0 Å². The molecule has 0 unspecified atom stereocenters. The number of rotatable bonds is 2. The van der Waals surface area contributed by atoms with Gasteiger partial charge in [-0.15, -0.1) is 0 Å². The fraction of sp³-hybridized carbons (Fsp3) is 0.417. The monoisotopic (exact) mass is 352 g/mol. The molecule has 0 fully saturated rings. The highest BCUT2D eigenvalue weighted by Crippen LogP contribution is 2.18. The van der Waals surface area contributed by atoms with Crippen LogP contribution in [0.25, 0.3) is 11.0 Å². The molecular formula is C12H15F2IN2. The zero-order valence-electron chi connectivity index (χ0n) is 10.1. The Kier molecular flexibility index (Phi) is 4.46. The predicted octanol–water partition coefficient (Wildman–Crippen LogP) is -0.441. The first-order chi connectivity index (χ1) is 7.60. The van der Waals surface area contributed by atoms with E-state index in [9.17, 15) is 8.78 Å². The van der Waals surface area contributed by atoms with Crippen molar-refractivity contribution in [2.24, 2.45) is 0 Å². The summed E-state index contributed by atoms with van der Waals surface area (Å²) in [6.45, 7) is 7.45. The van der Waals surface area contributed by atoms with Crippen LogP contribution in [0.15, 0.2) is 12.1 Å². The summed E-state index contributed by atoms with van der Waals surface area (Å²) in [6, 6.07) is 2.54. The Hall–Kier alpha value is -0.720. The fourth-order valence-electron chi connectivity index (χ4n) is 2.25. The molecule has 0 radical (unpaired) electrons. The van der Waals surface area contributed by atoms with Crippen LogP contribution in [0.3, 0.4) is 0 Å². The molecule has 94 valence electrons. The van der Waals surface area contributed by atoms with E-state index in [1.165, 1.54) is 12.1 Å². The summed E-state index contributed by atoms with van der Waals surface area (Å²) in [6.07, 6.45) is 0. The summed E-state index contributed by atoms with van der Waals surface area (Å²) < 4.78 is 30.4. The van der Waals surface area contributed by atoms with Crippen molar-refractivity contribution >= 4 is 11.0 Å². The van der Waals surface area contributed by atoms with Crippen LogP contribution in [0.4, 0.5) is 8.78 Å². The van der Waals surface area contributed by atoms with Crippen LogP contribution in [0, 0.1) is 18.6 Å². The molecule has 2 rings (SSSR count). The number of aryl methyl sites for hydroxylation is 2. The number of hydrogen-bond donors (Lipinski definition) is 0. The Morgan fingerprint density at radius 1 is 1.18 bits per heavy atom.